The number of hydrogen-bond acceptors (Lipinski definition) is 4. The van der Waals surface area contributed by atoms with Crippen molar-refractivity contribution in [2.75, 3.05) is 7.11 Å². The molecule has 0 aliphatic rings. The first-order chi connectivity index (χ1) is 8.45. The Morgan fingerprint density at radius 2 is 2.17 bits per heavy atom. The minimum absolute atomic E-state index is 0.0730. The number of alkyl halides is 1. The van der Waals surface area contributed by atoms with Crippen LogP contribution in [0.1, 0.15) is 18.1 Å². The Morgan fingerprint density at radius 1 is 1.50 bits per heavy atom. The Labute approximate surface area is 114 Å². The molecule has 0 saturated heterocycles. The molecule has 1 aromatic carbocycles. The topological polar surface area (TPSA) is 55.8 Å². The van der Waals surface area contributed by atoms with E-state index in [0.29, 0.717) is 5.75 Å². The van der Waals surface area contributed by atoms with Gasteiger partial charge < -0.3 is 14.6 Å². The second kappa shape index (κ2) is 6.44. The van der Waals surface area contributed by atoms with Gasteiger partial charge in [0.2, 0.25) is 0 Å². The molecule has 0 aromatic heterocycles. The van der Waals surface area contributed by atoms with Gasteiger partial charge in [0.05, 0.1) is 7.11 Å². The number of ether oxygens (including phenoxy) is 2. The van der Waals surface area contributed by atoms with Crippen LogP contribution in [0.2, 0.25) is 0 Å². The summed E-state index contributed by atoms with van der Waals surface area (Å²) < 4.78 is 9.98. The maximum atomic E-state index is 11.3. The van der Waals surface area contributed by atoms with Crippen LogP contribution in [0.15, 0.2) is 18.2 Å². The molecule has 0 radical (unpaired) electrons. The van der Waals surface area contributed by atoms with Crippen molar-refractivity contribution in [3.05, 3.63) is 29.3 Å². The standard InChI is InChI=1S/C13H15BrO4/c1-8-10(4-6-11(15)13(8)17-3)5-7-12(16)18-9(2)14/h4-7,9,15H,1-3H3. The second-order valence-electron chi connectivity index (χ2n) is 3.65. The first-order valence-corrected chi connectivity index (χ1v) is 6.26. The summed E-state index contributed by atoms with van der Waals surface area (Å²) in [6, 6.07) is 3.22. The quantitative estimate of drug-likeness (QED) is 0.527. The molecule has 0 amide bonds. The Balaban J connectivity index is 2.92. The van der Waals surface area contributed by atoms with Crippen LogP contribution in [0, 0.1) is 6.92 Å². The smallest absolute Gasteiger partial charge is 0.331 e. The maximum Gasteiger partial charge on any atom is 0.331 e. The molecule has 98 valence electrons. The van der Waals surface area contributed by atoms with E-state index in [4.69, 9.17) is 9.47 Å². The molecule has 1 rings (SSSR count). The molecule has 1 unspecified atom stereocenters. The van der Waals surface area contributed by atoms with E-state index in [0.717, 1.165) is 11.1 Å². The molecule has 4 nitrogen and oxygen atoms in total. The van der Waals surface area contributed by atoms with E-state index in [2.05, 4.69) is 15.9 Å². The van der Waals surface area contributed by atoms with Gasteiger partial charge in [0.15, 0.2) is 16.5 Å². The number of carbonyl (C=O) groups is 1. The zero-order valence-corrected chi connectivity index (χ0v) is 12.0. The molecule has 1 aromatic rings. The number of hydrogen-bond donors (Lipinski definition) is 1. The van der Waals surface area contributed by atoms with Crippen molar-refractivity contribution in [2.45, 2.75) is 18.9 Å². The monoisotopic (exact) mass is 314 g/mol. The molecule has 0 bridgehead atoms. The largest absolute Gasteiger partial charge is 0.504 e. The van der Waals surface area contributed by atoms with Crippen LogP contribution in [0.4, 0.5) is 0 Å². The number of benzene rings is 1. The molecule has 1 atom stereocenters. The van der Waals surface area contributed by atoms with Gasteiger partial charge in [-0.2, -0.15) is 0 Å². The Morgan fingerprint density at radius 3 is 2.72 bits per heavy atom. The number of esters is 1. The SMILES string of the molecule is COc1c(O)ccc(C=CC(=O)OC(C)Br)c1C. The van der Waals surface area contributed by atoms with Crippen LogP contribution in [-0.4, -0.2) is 23.2 Å². The highest BCUT2D eigenvalue weighted by Crippen LogP contribution is 2.32. The van der Waals surface area contributed by atoms with Crippen molar-refractivity contribution in [3.63, 3.8) is 0 Å². The zero-order valence-electron chi connectivity index (χ0n) is 10.4. The van der Waals surface area contributed by atoms with Crippen LogP contribution in [0.25, 0.3) is 6.08 Å². The van der Waals surface area contributed by atoms with Crippen LogP contribution < -0.4 is 4.74 Å². The molecule has 18 heavy (non-hydrogen) atoms. The molecule has 5 heteroatoms. The van der Waals surface area contributed by atoms with Gasteiger partial charge in [0.1, 0.15) is 0 Å². The lowest BCUT2D eigenvalue weighted by Gasteiger charge is -2.09. The van der Waals surface area contributed by atoms with Gasteiger partial charge in [-0.1, -0.05) is 6.07 Å². The summed E-state index contributed by atoms with van der Waals surface area (Å²) in [5.74, 6) is 0.0361. The van der Waals surface area contributed by atoms with Crippen LogP contribution in [0.3, 0.4) is 0 Å². The molecular formula is C13H15BrO4. The molecule has 0 aliphatic carbocycles. The van der Waals surface area contributed by atoms with Gasteiger partial charge in [-0.3, -0.25) is 0 Å². The van der Waals surface area contributed by atoms with Gasteiger partial charge in [-0.15, -0.1) is 0 Å². The third-order valence-electron chi connectivity index (χ3n) is 2.31. The van der Waals surface area contributed by atoms with E-state index in [1.54, 1.807) is 26.0 Å². The van der Waals surface area contributed by atoms with Crippen LogP contribution >= 0.6 is 15.9 Å². The summed E-state index contributed by atoms with van der Waals surface area (Å²) in [6.07, 6.45) is 2.95. The third kappa shape index (κ3) is 3.77. The van der Waals surface area contributed by atoms with Crippen molar-refractivity contribution < 1.29 is 19.4 Å². The van der Waals surface area contributed by atoms with Gasteiger partial charge in [0.25, 0.3) is 0 Å². The van der Waals surface area contributed by atoms with Crippen molar-refractivity contribution in [1.82, 2.24) is 0 Å². The number of carbonyl (C=O) groups excluding carboxylic acids is 1. The normalized spacial score (nSPS) is 12.4. The van der Waals surface area contributed by atoms with Crippen molar-refractivity contribution in [3.8, 4) is 11.5 Å². The number of methoxy groups -OCH3 is 1. The molecule has 0 fully saturated rings. The lowest BCUT2D eigenvalue weighted by atomic mass is 10.1. The molecule has 0 spiro atoms. The van der Waals surface area contributed by atoms with E-state index in [1.807, 2.05) is 0 Å². The summed E-state index contributed by atoms with van der Waals surface area (Å²) in [5.41, 5.74) is 1.54. The van der Waals surface area contributed by atoms with Crippen molar-refractivity contribution >= 4 is 28.0 Å². The third-order valence-corrected chi connectivity index (χ3v) is 2.50. The Kier molecular flexibility index (Phi) is 5.22. The number of aromatic hydroxyl groups is 1. The second-order valence-corrected chi connectivity index (χ2v) is 4.93. The fourth-order valence-corrected chi connectivity index (χ4v) is 1.67. The predicted molar refractivity (Wildman–Crippen MR) is 72.9 cm³/mol. The number of phenolic OH excluding ortho intramolecular Hbond substituents is 1. The Bertz CT molecular complexity index is 466. The first kappa shape index (κ1) is 14.6. The highest BCUT2D eigenvalue weighted by molar-refractivity contribution is 9.09. The average Bonchev–Trinajstić information content (AvgIpc) is 2.27. The van der Waals surface area contributed by atoms with Gasteiger partial charge in [0, 0.05) is 11.6 Å². The van der Waals surface area contributed by atoms with Crippen LogP contribution in [-0.2, 0) is 9.53 Å². The minimum atomic E-state index is -0.439. The fraction of sp³-hybridized carbons (Fsp3) is 0.308. The molecule has 0 aliphatic heterocycles. The number of phenols is 1. The number of rotatable bonds is 4. The van der Waals surface area contributed by atoms with E-state index in [1.165, 1.54) is 19.3 Å². The summed E-state index contributed by atoms with van der Waals surface area (Å²) >= 11 is 3.12. The highest BCUT2D eigenvalue weighted by atomic mass is 79.9. The highest BCUT2D eigenvalue weighted by Gasteiger charge is 2.08. The lowest BCUT2D eigenvalue weighted by Crippen LogP contribution is -2.05. The molecular weight excluding hydrogens is 300 g/mol. The van der Waals surface area contributed by atoms with E-state index in [-0.39, 0.29) is 10.8 Å². The number of halogens is 1. The fourth-order valence-electron chi connectivity index (χ4n) is 1.49. The van der Waals surface area contributed by atoms with E-state index < -0.39 is 5.97 Å². The van der Waals surface area contributed by atoms with E-state index >= 15 is 0 Å². The summed E-state index contributed by atoms with van der Waals surface area (Å²) in [6.45, 7) is 3.51. The van der Waals surface area contributed by atoms with Gasteiger partial charge >= 0.3 is 5.97 Å². The summed E-state index contributed by atoms with van der Waals surface area (Å²) in [7, 11) is 1.48. The summed E-state index contributed by atoms with van der Waals surface area (Å²) in [5, 5.41) is 9.24. The average molecular weight is 315 g/mol. The maximum absolute atomic E-state index is 11.3. The van der Waals surface area contributed by atoms with Crippen molar-refractivity contribution in [1.29, 1.82) is 0 Å². The van der Waals surface area contributed by atoms with Crippen molar-refractivity contribution in [2.24, 2.45) is 0 Å². The molecule has 0 saturated carbocycles. The molecule has 1 N–H and O–H groups in total. The van der Waals surface area contributed by atoms with Crippen LogP contribution in [0.5, 0.6) is 11.5 Å². The van der Waals surface area contributed by atoms with Gasteiger partial charge in [-0.25, -0.2) is 4.79 Å². The van der Waals surface area contributed by atoms with Gasteiger partial charge in [-0.05, 0) is 47.5 Å². The summed E-state index contributed by atoms with van der Waals surface area (Å²) in [4.78, 5) is 11.3. The molecule has 0 heterocycles. The lowest BCUT2D eigenvalue weighted by molar-refractivity contribution is -0.138. The minimum Gasteiger partial charge on any atom is -0.504 e. The predicted octanol–water partition coefficient (Wildman–Crippen LogP) is 3.01. The zero-order chi connectivity index (χ0) is 13.7. The first-order valence-electron chi connectivity index (χ1n) is 5.35. The Hall–Kier alpha value is -1.49. The van der Waals surface area contributed by atoms with E-state index in [9.17, 15) is 9.90 Å².